The molecule has 0 bridgehead atoms. The van der Waals surface area contributed by atoms with Gasteiger partial charge in [0.25, 0.3) is 0 Å². The van der Waals surface area contributed by atoms with Crippen molar-refractivity contribution in [3.05, 3.63) is 34.5 Å². The van der Waals surface area contributed by atoms with Crippen molar-refractivity contribution in [2.45, 2.75) is 66.1 Å². The molecular weight excluding hydrogens is 509 g/mol. The minimum absolute atomic E-state index is 0. The van der Waals surface area contributed by atoms with Crippen molar-refractivity contribution in [1.29, 1.82) is 0 Å². The number of guanidine groups is 1. The molecule has 0 radical (unpaired) electrons. The molecule has 0 aromatic carbocycles. The van der Waals surface area contributed by atoms with E-state index in [2.05, 4.69) is 75.5 Å². The summed E-state index contributed by atoms with van der Waals surface area (Å²) in [5.74, 6) is 1.89. The zero-order chi connectivity index (χ0) is 20.9. The second-order valence-electron chi connectivity index (χ2n) is 7.18. The number of hydrogen-bond donors (Lipinski definition) is 2. The topological polar surface area (TPSA) is 70.4 Å². The van der Waals surface area contributed by atoms with Gasteiger partial charge in [0.05, 0.1) is 6.54 Å². The zero-order valence-corrected chi connectivity index (χ0v) is 22.0. The summed E-state index contributed by atoms with van der Waals surface area (Å²) in [5, 5.41) is 17.3. The van der Waals surface area contributed by atoms with Gasteiger partial charge in [-0.2, -0.15) is 0 Å². The van der Waals surface area contributed by atoms with Gasteiger partial charge in [0.2, 0.25) is 0 Å². The van der Waals surface area contributed by atoms with Crippen molar-refractivity contribution in [1.82, 2.24) is 30.3 Å². The highest BCUT2D eigenvalue weighted by Crippen LogP contribution is 2.09. The van der Waals surface area contributed by atoms with E-state index in [4.69, 9.17) is 4.99 Å². The van der Waals surface area contributed by atoms with Crippen molar-refractivity contribution in [2.24, 2.45) is 4.99 Å². The molecule has 30 heavy (non-hydrogen) atoms. The molecule has 1 atom stereocenters. The maximum Gasteiger partial charge on any atom is 0.191 e. The van der Waals surface area contributed by atoms with Crippen LogP contribution in [0, 0.1) is 0 Å². The van der Waals surface area contributed by atoms with Crippen molar-refractivity contribution in [2.75, 3.05) is 26.2 Å². The molecular formula is C21H38IN7S. The van der Waals surface area contributed by atoms with Crippen molar-refractivity contribution in [3.8, 4) is 0 Å². The van der Waals surface area contributed by atoms with E-state index in [9.17, 15) is 0 Å². The monoisotopic (exact) mass is 547 g/mol. The van der Waals surface area contributed by atoms with E-state index in [-0.39, 0.29) is 24.0 Å². The van der Waals surface area contributed by atoms with Crippen LogP contribution >= 0.6 is 35.3 Å². The molecule has 2 heterocycles. The first-order chi connectivity index (χ1) is 14.2. The summed E-state index contributed by atoms with van der Waals surface area (Å²) < 4.78 is 2.09. The molecule has 0 saturated heterocycles. The van der Waals surface area contributed by atoms with Crippen LogP contribution < -0.4 is 10.6 Å². The Morgan fingerprint density at radius 1 is 1.30 bits per heavy atom. The molecule has 170 valence electrons. The van der Waals surface area contributed by atoms with Gasteiger partial charge in [0, 0.05) is 30.4 Å². The van der Waals surface area contributed by atoms with Gasteiger partial charge in [-0.05, 0) is 50.8 Å². The average molecular weight is 548 g/mol. The molecule has 2 aromatic heterocycles. The quantitative estimate of drug-likeness (QED) is 0.227. The summed E-state index contributed by atoms with van der Waals surface area (Å²) in [6.07, 6.45) is 5.00. The standard InChI is InChI=1S/C21H37N7S.HI/c1-5-20-26-24-17-28(20)14-12-22-21(23-16-19-11-9-15-29-19)25-18(4)10-8-13-27(6-2)7-3;/h9,11,15,17-18H,5-8,10,12-14,16H2,1-4H3,(H2,22,23,25);1H. The van der Waals surface area contributed by atoms with E-state index >= 15 is 0 Å². The van der Waals surface area contributed by atoms with Crippen LogP contribution in [0.15, 0.2) is 28.8 Å². The molecule has 2 N–H and O–H groups in total. The highest BCUT2D eigenvalue weighted by atomic mass is 127. The number of aliphatic imine (C=N–C) groups is 1. The predicted molar refractivity (Wildman–Crippen MR) is 138 cm³/mol. The highest BCUT2D eigenvalue weighted by Gasteiger charge is 2.08. The van der Waals surface area contributed by atoms with Gasteiger partial charge in [0.15, 0.2) is 5.96 Å². The summed E-state index contributed by atoms with van der Waals surface area (Å²) in [6, 6.07) is 4.58. The van der Waals surface area contributed by atoms with E-state index in [0.29, 0.717) is 12.6 Å². The third kappa shape index (κ3) is 9.74. The molecule has 2 rings (SSSR count). The molecule has 0 spiro atoms. The Hall–Kier alpha value is -1.20. The number of nitrogens with one attached hydrogen (secondary N) is 2. The minimum Gasteiger partial charge on any atom is -0.355 e. The van der Waals surface area contributed by atoms with E-state index in [1.165, 1.54) is 11.3 Å². The fourth-order valence-electron chi connectivity index (χ4n) is 3.21. The number of aromatic nitrogens is 3. The number of rotatable bonds is 13. The van der Waals surface area contributed by atoms with Gasteiger partial charge in [-0.3, -0.25) is 0 Å². The molecule has 0 aliphatic heterocycles. The zero-order valence-electron chi connectivity index (χ0n) is 18.8. The molecule has 9 heteroatoms. The molecule has 0 amide bonds. The summed E-state index contributed by atoms with van der Waals surface area (Å²) >= 11 is 1.74. The van der Waals surface area contributed by atoms with Crippen LogP contribution in [0.4, 0.5) is 0 Å². The van der Waals surface area contributed by atoms with Crippen LogP contribution in [-0.4, -0.2) is 57.8 Å². The Kier molecular flexibility index (Phi) is 13.9. The first kappa shape index (κ1) is 26.8. The SMILES string of the molecule is CCc1nncn1CCNC(=NCc1cccs1)NC(C)CCCN(CC)CC.I. The fraction of sp³-hybridized carbons (Fsp3) is 0.667. The van der Waals surface area contributed by atoms with Crippen LogP contribution in [0.3, 0.4) is 0 Å². The van der Waals surface area contributed by atoms with Gasteiger partial charge >= 0.3 is 0 Å². The first-order valence-corrected chi connectivity index (χ1v) is 11.7. The predicted octanol–water partition coefficient (Wildman–Crippen LogP) is 3.77. The van der Waals surface area contributed by atoms with Gasteiger partial charge in [-0.15, -0.1) is 45.5 Å². The maximum absolute atomic E-state index is 4.80. The van der Waals surface area contributed by atoms with Crippen molar-refractivity contribution >= 4 is 41.3 Å². The Bertz CT molecular complexity index is 698. The molecule has 0 saturated carbocycles. The average Bonchev–Trinajstić information content (AvgIpc) is 3.41. The van der Waals surface area contributed by atoms with Crippen molar-refractivity contribution < 1.29 is 0 Å². The van der Waals surface area contributed by atoms with Crippen LogP contribution in [0.5, 0.6) is 0 Å². The van der Waals surface area contributed by atoms with E-state index < -0.39 is 0 Å². The van der Waals surface area contributed by atoms with Crippen LogP contribution in [0.1, 0.15) is 51.2 Å². The third-order valence-corrected chi connectivity index (χ3v) is 5.88. The number of aryl methyl sites for hydroxylation is 1. The lowest BCUT2D eigenvalue weighted by Gasteiger charge is -2.21. The molecule has 7 nitrogen and oxygen atoms in total. The Balaban J connectivity index is 0.00000450. The molecule has 0 aliphatic carbocycles. The fourth-order valence-corrected chi connectivity index (χ4v) is 3.84. The van der Waals surface area contributed by atoms with E-state index in [1.807, 2.05) is 0 Å². The van der Waals surface area contributed by atoms with Gasteiger partial charge in [0.1, 0.15) is 12.2 Å². The summed E-state index contributed by atoms with van der Waals surface area (Å²) in [4.78, 5) is 8.54. The Labute approximate surface area is 202 Å². The number of nitrogens with zero attached hydrogens (tertiary/aromatic N) is 5. The second kappa shape index (κ2) is 15.6. The minimum atomic E-state index is 0. The summed E-state index contributed by atoms with van der Waals surface area (Å²) in [7, 11) is 0. The molecule has 0 fully saturated rings. The normalized spacial score (nSPS) is 12.6. The summed E-state index contributed by atoms with van der Waals surface area (Å²) in [5.41, 5.74) is 0. The van der Waals surface area contributed by atoms with E-state index in [1.54, 1.807) is 17.7 Å². The van der Waals surface area contributed by atoms with Gasteiger partial charge in [-0.1, -0.05) is 26.8 Å². The second-order valence-corrected chi connectivity index (χ2v) is 8.21. The maximum atomic E-state index is 4.80. The molecule has 0 aliphatic rings. The lowest BCUT2D eigenvalue weighted by Crippen LogP contribution is -2.43. The number of thiophene rings is 1. The Morgan fingerprint density at radius 3 is 2.77 bits per heavy atom. The van der Waals surface area contributed by atoms with Crippen LogP contribution in [0.25, 0.3) is 0 Å². The first-order valence-electron chi connectivity index (χ1n) is 10.8. The molecule has 1 unspecified atom stereocenters. The third-order valence-electron chi connectivity index (χ3n) is 5.02. The van der Waals surface area contributed by atoms with Crippen LogP contribution in [-0.2, 0) is 19.5 Å². The Morgan fingerprint density at radius 2 is 2.10 bits per heavy atom. The largest absolute Gasteiger partial charge is 0.355 e. The lowest BCUT2D eigenvalue weighted by molar-refractivity contribution is 0.292. The van der Waals surface area contributed by atoms with Crippen molar-refractivity contribution in [3.63, 3.8) is 0 Å². The summed E-state index contributed by atoms with van der Waals surface area (Å²) in [6.45, 7) is 14.5. The van der Waals surface area contributed by atoms with Crippen LogP contribution in [0.2, 0.25) is 0 Å². The van der Waals surface area contributed by atoms with Gasteiger partial charge < -0.3 is 20.1 Å². The smallest absolute Gasteiger partial charge is 0.191 e. The molecule has 2 aromatic rings. The lowest BCUT2D eigenvalue weighted by atomic mass is 10.2. The number of hydrogen-bond acceptors (Lipinski definition) is 5. The highest BCUT2D eigenvalue weighted by molar-refractivity contribution is 14.0. The number of halogens is 1. The van der Waals surface area contributed by atoms with E-state index in [0.717, 1.165) is 57.3 Å². The van der Waals surface area contributed by atoms with Gasteiger partial charge in [-0.25, -0.2) is 4.99 Å².